The summed E-state index contributed by atoms with van der Waals surface area (Å²) in [4.78, 5) is 9.90. The van der Waals surface area contributed by atoms with Gasteiger partial charge in [-0.3, -0.25) is 4.90 Å². The molecular weight excluding hydrogens is 248 g/mol. The minimum absolute atomic E-state index is 0.745. The van der Waals surface area contributed by atoms with Gasteiger partial charge in [0, 0.05) is 38.3 Å². The van der Waals surface area contributed by atoms with E-state index in [1.54, 1.807) is 0 Å². The molecule has 0 saturated carbocycles. The molecule has 1 aromatic rings. The second-order valence-corrected chi connectivity index (χ2v) is 6.42. The van der Waals surface area contributed by atoms with E-state index >= 15 is 0 Å². The molecule has 0 radical (unpaired) electrons. The second kappa shape index (κ2) is 5.34. The van der Waals surface area contributed by atoms with Gasteiger partial charge < -0.3 is 9.47 Å². The smallest absolute Gasteiger partial charge is 0.135 e. The molecule has 0 aromatic carbocycles. The van der Waals surface area contributed by atoms with Gasteiger partial charge in [-0.1, -0.05) is 6.58 Å². The standard InChI is InChI=1S/C16H26N4/c1-12(2)16-17-14-11-20(10-7-15(14)19(16)4)13-5-8-18(3)9-6-13/h13H,1,5-11H2,2-4H3. The molecule has 3 rings (SSSR count). The summed E-state index contributed by atoms with van der Waals surface area (Å²) >= 11 is 0. The second-order valence-electron chi connectivity index (χ2n) is 6.42. The number of likely N-dealkylation sites (tertiary alicyclic amines) is 1. The Bertz CT molecular complexity index is 509. The van der Waals surface area contributed by atoms with Crippen molar-refractivity contribution in [1.82, 2.24) is 19.4 Å². The largest absolute Gasteiger partial charge is 0.331 e. The SMILES string of the molecule is C=C(C)c1nc2c(n1C)CCN(C1CCN(C)CC1)C2. The zero-order chi connectivity index (χ0) is 14.3. The van der Waals surface area contributed by atoms with E-state index in [0.29, 0.717) is 0 Å². The van der Waals surface area contributed by atoms with Gasteiger partial charge in [0.25, 0.3) is 0 Å². The van der Waals surface area contributed by atoms with Gasteiger partial charge in [-0.25, -0.2) is 4.98 Å². The summed E-state index contributed by atoms with van der Waals surface area (Å²) in [6, 6.07) is 0.745. The minimum atomic E-state index is 0.745. The highest BCUT2D eigenvalue weighted by atomic mass is 15.2. The van der Waals surface area contributed by atoms with Crippen LogP contribution in [0.3, 0.4) is 0 Å². The van der Waals surface area contributed by atoms with Gasteiger partial charge >= 0.3 is 0 Å². The first kappa shape index (κ1) is 13.8. The molecule has 0 amide bonds. The summed E-state index contributed by atoms with van der Waals surface area (Å²) in [5, 5.41) is 0. The fourth-order valence-corrected chi connectivity index (χ4v) is 3.60. The van der Waals surface area contributed by atoms with Crippen molar-refractivity contribution in [2.45, 2.75) is 38.8 Å². The molecule has 0 bridgehead atoms. The first-order valence-electron chi connectivity index (χ1n) is 7.69. The molecule has 4 nitrogen and oxygen atoms in total. The van der Waals surface area contributed by atoms with Crippen molar-refractivity contribution in [2.75, 3.05) is 26.7 Å². The molecule has 3 heterocycles. The Morgan fingerprint density at radius 1 is 1.20 bits per heavy atom. The predicted octanol–water partition coefficient (Wildman–Crippen LogP) is 1.91. The number of imidazole rings is 1. The number of hydrogen-bond acceptors (Lipinski definition) is 3. The molecule has 20 heavy (non-hydrogen) atoms. The third-order valence-electron chi connectivity index (χ3n) is 4.87. The van der Waals surface area contributed by atoms with Gasteiger partial charge in [-0.2, -0.15) is 0 Å². The molecule has 2 aliphatic heterocycles. The molecular formula is C16H26N4. The van der Waals surface area contributed by atoms with E-state index in [1.807, 2.05) is 6.92 Å². The fourth-order valence-electron chi connectivity index (χ4n) is 3.60. The lowest BCUT2D eigenvalue weighted by molar-refractivity contribution is 0.108. The lowest BCUT2D eigenvalue weighted by atomic mass is 10.0. The Labute approximate surface area is 122 Å². The van der Waals surface area contributed by atoms with Crippen molar-refractivity contribution in [3.05, 3.63) is 23.8 Å². The summed E-state index contributed by atoms with van der Waals surface area (Å²) in [6.45, 7) is 10.7. The quantitative estimate of drug-likeness (QED) is 0.823. The van der Waals surface area contributed by atoms with Crippen LogP contribution < -0.4 is 0 Å². The molecule has 0 atom stereocenters. The Morgan fingerprint density at radius 2 is 1.90 bits per heavy atom. The Kier molecular flexibility index (Phi) is 3.69. The van der Waals surface area contributed by atoms with Gasteiger partial charge in [0.2, 0.25) is 0 Å². The van der Waals surface area contributed by atoms with E-state index in [4.69, 9.17) is 4.98 Å². The molecule has 0 N–H and O–H groups in total. The molecule has 1 aromatic heterocycles. The average Bonchev–Trinajstić information content (AvgIpc) is 2.77. The van der Waals surface area contributed by atoms with Gasteiger partial charge in [-0.15, -0.1) is 0 Å². The number of nitrogens with zero attached hydrogens (tertiary/aromatic N) is 4. The maximum absolute atomic E-state index is 4.82. The third-order valence-corrected chi connectivity index (χ3v) is 4.87. The van der Waals surface area contributed by atoms with Gasteiger partial charge in [-0.05, 0) is 45.5 Å². The van der Waals surface area contributed by atoms with Crippen LogP contribution in [0.2, 0.25) is 0 Å². The number of hydrogen-bond donors (Lipinski definition) is 0. The van der Waals surface area contributed by atoms with Crippen molar-refractivity contribution in [2.24, 2.45) is 7.05 Å². The van der Waals surface area contributed by atoms with Gasteiger partial charge in [0.1, 0.15) is 5.82 Å². The van der Waals surface area contributed by atoms with Crippen LogP contribution in [0.25, 0.3) is 5.57 Å². The van der Waals surface area contributed by atoms with Crippen LogP contribution >= 0.6 is 0 Å². The number of aromatic nitrogens is 2. The summed E-state index contributed by atoms with van der Waals surface area (Å²) in [5.74, 6) is 1.06. The van der Waals surface area contributed by atoms with Crippen molar-refractivity contribution in [1.29, 1.82) is 0 Å². The van der Waals surface area contributed by atoms with Crippen LogP contribution in [0.5, 0.6) is 0 Å². The van der Waals surface area contributed by atoms with Crippen molar-refractivity contribution in [3.63, 3.8) is 0 Å². The van der Waals surface area contributed by atoms with Crippen LogP contribution in [0.1, 0.15) is 37.0 Å². The van der Waals surface area contributed by atoms with Crippen LogP contribution in [0.4, 0.5) is 0 Å². The molecule has 2 aliphatic rings. The highest BCUT2D eigenvalue weighted by Crippen LogP contribution is 2.26. The molecule has 0 unspecified atom stereocenters. The maximum atomic E-state index is 4.82. The Hall–Kier alpha value is -1.13. The van der Waals surface area contributed by atoms with Crippen molar-refractivity contribution >= 4 is 5.57 Å². The topological polar surface area (TPSA) is 24.3 Å². The molecule has 0 aliphatic carbocycles. The molecule has 1 fully saturated rings. The van der Waals surface area contributed by atoms with E-state index in [2.05, 4.69) is 35.0 Å². The maximum Gasteiger partial charge on any atom is 0.135 e. The lowest BCUT2D eigenvalue weighted by Gasteiger charge is -2.38. The van der Waals surface area contributed by atoms with Crippen molar-refractivity contribution < 1.29 is 0 Å². The number of fused-ring (bicyclic) bond motifs is 1. The molecule has 110 valence electrons. The minimum Gasteiger partial charge on any atom is -0.331 e. The van der Waals surface area contributed by atoms with Crippen LogP contribution in [0.15, 0.2) is 6.58 Å². The van der Waals surface area contributed by atoms with E-state index in [9.17, 15) is 0 Å². The normalized spacial score (nSPS) is 21.9. The van der Waals surface area contributed by atoms with E-state index in [0.717, 1.165) is 30.4 Å². The molecule has 4 heteroatoms. The van der Waals surface area contributed by atoms with Gasteiger partial charge in [0.15, 0.2) is 0 Å². The van der Waals surface area contributed by atoms with Crippen LogP contribution in [-0.4, -0.2) is 52.1 Å². The van der Waals surface area contributed by atoms with Crippen LogP contribution in [0, 0.1) is 0 Å². The summed E-state index contributed by atoms with van der Waals surface area (Å²) in [6.07, 6.45) is 3.72. The summed E-state index contributed by atoms with van der Waals surface area (Å²) in [5.41, 5.74) is 3.75. The van der Waals surface area contributed by atoms with E-state index in [1.165, 1.54) is 43.9 Å². The lowest BCUT2D eigenvalue weighted by Crippen LogP contribution is -2.45. The van der Waals surface area contributed by atoms with Crippen LogP contribution in [-0.2, 0) is 20.0 Å². The van der Waals surface area contributed by atoms with Gasteiger partial charge in [0.05, 0.1) is 5.69 Å². The Morgan fingerprint density at radius 3 is 2.55 bits per heavy atom. The molecule has 1 saturated heterocycles. The zero-order valence-corrected chi connectivity index (χ0v) is 13.0. The first-order valence-corrected chi connectivity index (χ1v) is 7.69. The summed E-state index contributed by atoms with van der Waals surface area (Å²) < 4.78 is 2.24. The van der Waals surface area contributed by atoms with Crippen molar-refractivity contribution in [3.8, 4) is 0 Å². The fraction of sp³-hybridized carbons (Fsp3) is 0.688. The highest BCUT2D eigenvalue weighted by Gasteiger charge is 2.29. The van der Waals surface area contributed by atoms with E-state index in [-0.39, 0.29) is 0 Å². The number of allylic oxidation sites excluding steroid dienone is 1. The summed E-state index contributed by atoms with van der Waals surface area (Å²) in [7, 11) is 4.35. The number of rotatable bonds is 2. The van der Waals surface area contributed by atoms with E-state index < -0.39 is 0 Å². The molecule has 0 spiro atoms. The Balaban J connectivity index is 1.75. The number of piperidine rings is 1. The highest BCUT2D eigenvalue weighted by molar-refractivity contribution is 5.56. The third kappa shape index (κ3) is 2.42. The predicted molar refractivity (Wildman–Crippen MR) is 82.5 cm³/mol. The monoisotopic (exact) mass is 274 g/mol. The average molecular weight is 274 g/mol. The first-order chi connectivity index (χ1) is 9.56. The zero-order valence-electron chi connectivity index (χ0n) is 13.0.